The van der Waals surface area contributed by atoms with Gasteiger partial charge in [0.05, 0.1) is 11.6 Å². The van der Waals surface area contributed by atoms with Crippen molar-refractivity contribution < 1.29 is 4.79 Å². The Bertz CT molecular complexity index is 837. The predicted molar refractivity (Wildman–Crippen MR) is 116 cm³/mol. The third-order valence-electron chi connectivity index (χ3n) is 6.82. The molecule has 1 saturated heterocycles. The maximum Gasteiger partial charge on any atom is 0.233 e. The van der Waals surface area contributed by atoms with E-state index in [0.717, 1.165) is 71.4 Å². The van der Waals surface area contributed by atoms with Gasteiger partial charge in [-0.2, -0.15) is 5.10 Å². The highest BCUT2D eigenvalue weighted by Crippen LogP contribution is 2.44. The summed E-state index contributed by atoms with van der Waals surface area (Å²) in [6.45, 7) is 9.77. The van der Waals surface area contributed by atoms with Gasteiger partial charge in [-0.05, 0) is 44.2 Å². The smallest absolute Gasteiger partial charge is 0.233 e. The van der Waals surface area contributed by atoms with E-state index in [9.17, 15) is 4.79 Å². The number of hydrogen-bond donors (Lipinski definition) is 0. The summed E-state index contributed by atoms with van der Waals surface area (Å²) in [4.78, 5) is 18.5. The molecule has 156 valence electrons. The molecule has 2 fully saturated rings. The molecule has 1 aliphatic heterocycles. The predicted octanol–water partition coefficient (Wildman–Crippen LogP) is 3.76. The quantitative estimate of drug-likeness (QED) is 0.775. The van der Waals surface area contributed by atoms with Crippen molar-refractivity contribution in [3.8, 4) is 0 Å². The SMILES string of the molecule is CCn1cc(CN2CCCN(C(=O)C3(c4ccccc4C)CCCC3)CC2)cn1. The first-order valence-corrected chi connectivity index (χ1v) is 11.2. The molecule has 1 aromatic heterocycles. The van der Waals surface area contributed by atoms with Gasteiger partial charge in [-0.3, -0.25) is 14.4 Å². The van der Waals surface area contributed by atoms with Crippen LogP contribution in [0.3, 0.4) is 0 Å². The van der Waals surface area contributed by atoms with Gasteiger partial charge in [0.2, 0.25) is 5.91 Å². The average molecular weight is 395 g/mol. The molecular formula is C24H34N4O. The third kappa shape index (κ3) is 4.11. The number of benzene rings is 1. The van der Waals surface area contributed by atoms with Crippen LogP contribution in [0, 0.1) is 6.92 Å². The van der Waals surface area contributed by atoms with Crippen LogP contribution < -0.4 is 0 Å². The highest BCUT2D eigenvalue weighted by Gasteiger charge is 2.45. The molecule has 2 heterocycles. The average Bonchev–Trinajstić information content (AvgIpc) is 3.34. The van der Waals surface area contributed by atoms with E-state index in [-0.39, 0.29) is 5.41 Å². The minimum absolute atomic E-state index is 0.303. The number of aromatic nitrogens is 2. The van der Waals surface area contributed by atoms with Crippen molar-refractivity contribution in [3.05, 3.63) is 53.3 Å². The highest BCUT2D eigenvalue weighted by molar-refractivity contribution is 5.89. The van der Waals surface area contributed by atoms with Crippen LogP contribution in [-0.4, -0.2) is 51.7 Å². The van der Waals surface area contributed by atoms with Crippen molar-refractivity contribution in [3.63, 3.8) is 0 Å². The molecule has 2 aromatic rings. The molecule has 1 aromatic carbocycles. The van der Waals surface area contributed by atoms with E-state index in [0.29, 0.717) is 5.91 Å². The van der Waals surface area contributed by atoms with E-state index in [1.165, 1.54) is 16.7 Å². The molecule has 0 N–H and O–H groups in total. The summed E-state index contributed by atoms with van der Waals surface area (Å²) < 4.78 is 1.98. The second-order valence-corrected chi connectivity index (χ2v) is 8.73. The van der Waals surface area contributed by atoms with E-state index < -0.39 is 0 Å². The molecule has 2 aliphatic rings. The fourth-order valence-electron chi connectivity index (χ4n) is 5.24. The zero-order valence-corrected chi connectivity index (χ0v) is 17.9. The molecule has 0 radical (unpaired) electrons. The van der Waals surface area contributed by atoms with E-state index in [1.54, 1.807) is 0 Å². The molecule has 29 heavy (non-hydrogen) atoms. The van der Waals surface area contributed by atoms with Crippen LogP contribution >= 0.6 is 0 Å². The van der Waals surface area contributed by atoms with Gasteiger partial charge in [-0.1, -0.05) is 37.1 Å². The number of carbonyl (C=O) groups is 1. The van der Waals surface area contributed by atoms with E-state index in [2.05, 4.69) is 59.2 Å². The topological polar surface area (TPSA) is 41.4 Å². The highest BCUT2D eigenvalue weighted by atomic mass is 16.2. The summed E-state index contributed by atoms with van der Waals surface area (Å²) in [5, 5.41) is 4.40. The molecule has 0 spiro atoms. The Morgan fingerprint density at radius 2 is 1.86 bits per heavy atom. The number of hydrogen-bond acceptors (Lipinski definition) is 3. The summed E-state index contributed by atoms with van der Waals surface area (Å²) in [5.74, 6) is 0.366. The van der Waals surface area contributed by atoms with Crippen molar-refractivity contribution in [1.82, 2.24) is 19.6 Å². The fraction of sp³-hybridized carbons (Fsp3) is 0.583. The molecule has 1 aliphatic carbocycles. The molecule has 1 saturated carbocycles. The number of aryl methyl sites for hydroxylation is 2. The summed E-state index contributed by atoms with van der Waals surface area (Å²) >= 11 is 0. The molecule has 0 bridgehead atoms. The monoisotopic (exact) mass is 394 g/mol. The minimum Gasteiger partial charge on any atom is -0.341 e. The third-order valence-corrected chi connectivity index (χ3v) is 6.82. The molecule has 5 nitrogen and oxygen atoms in total. The second kappa shape index (κ2) is 8.70. The van der Waals surface area contributed by atoms with Crippen molar-refractivity contribution in [2.45, 2.75) is 64.5 Å². The van der Waals surface area contributed by atoms with Gasteiger partial charge in [0.15, 0.2) is 0 Å². The van der Waals surface area contributed by atoms with Crippen LogP contribution in [0.15, 0.2) is 36.7 Å². The summed E-state index contributed by atoms with van der Waals surface area (Å²) in [7, 11) is 0. The normalized spacial score (nSPS) is 20.0. The van der Waals surface area contributed by atoms with Crippen LogP contribution in [0.5, 0.6) is 0 Å². The van der Waals surface area contributed by atoms with Gasteiger partial charge in [0.25, 0.3) is 0 Å². The van der Waals surface area contributed by atoms with Gasteiger partial charge in [0, 0.05) is 51.0 Å². The van der Waals surface area contributed by atoms with Crippen molar-refractivity contribution in [1.29, 1.82) is 0 Å². The Morgan fingerprint density at radius 1 is 1.07 bits per heavy atom. The fourth-order valence-corrected chi connectivity index (χ4v) is 5.24. The maximum atomic E-state index is 13.8. The summed E-state index contributed by atoms with van der Waals surface area (Å²) in [5.41, 5.74) is 3.48. The van der Waals surface area contributed by atoms with Crippen LogP contribution in [0.1, 0.15) is 55.7 Å². The first-order valence-electron chi connectivity index (χ1n) is 11.2. The lowest BCUT2D eigenvalue weighted by molar-refractivity contribution is -0.137. The van der Waals surface area contributed by atoms with Crippen LogP contribution in [0.4, 0.5) is 0 Å². The first-order chi connectivity index (χ1) is 14.1. The molecule has 0 atom stereocenters. The van der Waals surface area contributed by atoms with E-state index in [4.69, 9.17) is 0 Å². The van der Waals surface area contributed by atoms with Gasteiger partial charge >= 0.3 is 0 Å². The van der Waals surface area contributed by atoms with Crippen LogP contribution in [-0.2, 0) is 23.3 Å². The number of amides is 1. The van der Waals surface area contributed by atoms with Crippen molar-refractivity contribution in [2.24, 2.45) is 0 Å². The lowest BCUT2D eigenvalue weighted by Gasteiger charge is -2.35. The Morgan fingerprint density at radius 3 is 2.59 bits per heavy atom. The summed E-state index contributed by atoms with van der Waals surface area (Å²) in [6.07, 6.45) is 9.45. The number of nitrogens with zero attached hydrogens (tertiary/aromatic N) is 4. The molecule has 4 rings (SSSR count). The van der Waals surface area contributed by atoms with Gasteiger partial charge in [0.1, 0.15) is 0 Å². The zero-order chi connectivity index (χ0) is 20.3. The summed E-state index contributed by atoms with van der Waals surface area (Å²) in [6, 6.07) is 8.52. The standard InChI is InChI=1S/C24H34N4O/c1-3-28-19-21(17-25-28)18-26-13-8-14-27(16-15-26)23(29)24(11-6-7-12-24)22-10-5-4-9-20(22)2/h4-5,9-10,17,19H,3,6-8,11-16,18H2,1-2H3. The van der Waals surface area contributed by atoms with Gasteiger partial charge < -0.3 is 4.90 Å². The molecule has 5 heteroatoms. The van der Waals surface area contributed by atoms with E-state index >= 15 is 0 Å². The van der Waals surface area contributed by atoms with Crippen molar-refractivity contribution >= 4 is 5.91 Å². The Kier molecular flexibility index (Phi) is 6.04. The first kappa shape index (κ1) is 20.1. The second-order valence-electron chi connectivity index (χ2n) is 8.73. The Balaban J connectivity index is 1.46. The largest absolute Gasteiger partial charge is 0.341 e. The lowest BCUT2D eigenvalue weighted by Crippen LogP contribution is -2.47. The zero-order valence-electron chi connectivity index (χ0n) is 17.9. The molecular weight excluding hydrogens is 360 g/mol. The van der Waals surface area contributed by atoms with Gasteiger partial charge in [-0.25, -0.2) is 0 Å². The minimum atomic E-state index is -0.303. The van der Waals surface area contributed by atoms with E-state index in [1.807, 2.05) is 10.9 Å². The molecule has 0 unspecified atom stereocenters. The Hall–Kier alpha value is -2.14. The van der Waals surface area contributed by atoms with Crippen LogP contribution in [0.25, 0.3) is 0 Å². The van der Waals surface area contributed by atoms with Crippen molar-refractivity contribution in [2.75, 3.05) is 26.2 Å². The Labute approximate surface area is 174 Å². The molecule has 1 amide bonds. The maximum absolute atomic E-state index is 13.8. The number of rotatable bonds is 5. The number of carbonyl (C=O) groups excluding carboxylic acids is 1. The lowest BCUT2D eigenvalue weighted by atomic mass is 9.75. The van der Waals surface area contributed by atoms with Crippen LogP contribution in [0.2, 0.25) is 0 Å². The van der Waals surface area contributed by atoms with Gasteiger partial charge in [-0.15, -0.1) is 0 Å².